The van der Waals surface area contributed by atoms with Crippen LogP contribution in [-0.4, -0.2) is 41.3 Å². The van der Waals surface area contributed by atoms with E-state index in [1.54, 1.807) is 0 Å². The molecule has 0 aromatic heterocycles. The first-order valence-corrected chi connectivity index (χ1v) is 4.45. The molecule has 1 unspecified atom stereocenters. The molecule has 2 fully saturated rings. The van der Waals surface area contributed by atoms with Crippen LogP contribution < -0.4 is 5.32 Å². The fraction of sp³-hybridized carbons (Fsp3) is 0.875. The number of nitrogens with one attached hydrogen (secondary N) is 1. The molecule has 0 aromatic rings. The Bertz CT molecular complexity index is 201. The van der Waals surface area contributed by atoms with E-state index >= 15 is 0 Å². The van der Waals surface area contributed by atoms with Gasteiger partial charge in [0.05, 0.1) is 0 Å². The van der Waals surface area contributed by atoms with Crippen molar-refractivity contribution in [3.63, 3.8) is 0 Å². The summed E-state index contributed by atoms with van der Waals surface area (Å²) < 4.78 is 0. The fourth-order valence-electron chi connectivity index (χ4n) is 2.12. The van der Waals surface area contributed by atoms with Crippen molar-refractivity contribution in [3.8, 4) is 0 Å². The van der Waals surface area contributed by atoms with Crippen molar-refractivity contribution in [3.05, 3.63) is 0 Å². The number of amides is 1. The maximum Gasteiger partial charge on any atom is 0.407 e. The van der Waals surface area contributed by atoms with Gasteiger partial charge in [0, 0.05) is 18.6 Å². The molecule has 2 aliphatic rings. The average molecular weight is 170 g/mol. The van der Waals surface area contributed by atoms with E-state index in [1.165, 1.54) is 4.90 Å². The lowest BCUT2D eigenvalue weighted by molar-refractivity contribution is 0.0664. The molecule has 0 aliphatic carbocycles. The highest BCUT2D eigenvalue weighted by Gasteiger charge is 2.41. The van der Waals surface area contributed by atoms with Crippen molar-refractivity contribution >= 4 is 6.09 Å². The number of hydrogen-bond acceptors (Lipinski definition) is 2. The number of likely N-dealkylation sites (tertiary alicyclic amines) is 1. The van der Waals surface area contributed by atoms with Gasteiger partial charge < -0.3 is 15.3 Å². The zero-order valence-electron chi connectivity index (χ0n) is 7.05. The Hall–Kier alpha value is -0.770. The highest BCUT2D eigenvalue weighted by Crippen LogP contribution is 2.29. The monoisotopic (exact) mass is 170 g/mol. The lowest BCUT2D eigenvalue weighted by Gasteiger charge is -2.49. The summed E-state index contributed by atoms with van der Waals surface area (Å²) in [6, 6.07) is 0. The zero-order valence-corrected chi connectivity index (χ0v) is 7.05. The predicted octanol–water partition coefficient (Wildman–Crippen LogP) is 0.492. The largest absolute Gasteiger partial charge is 0.465 e. The molecule has 0 saturated carbocycles. The lowest BCUT2D eigenvalue weighted by atomic mass is 9.80. The van der Waals surface area contributed by atoms with Gasteiger partial charge in [0.15, 0.2) is 0 Å². The Morgan fingerprint density at radius 1 is 1.50 bits per heavy atom. The van der Waals surface area contributed by atoms with Crippen molar-refractivity contribution in [2.75, 3.05) is 19.6 Å². The first kappa shape index (κ1) is 7.86. The van der Waals surface area contributed by atoms with Crippen LogP contribution in [0.5, 0.6) is 0 Å². The summed E-state index contributed by atoms with van der Waals surface area (Å²) in [6.07, 6.45) is 2.50. The second kappa shape index (κ2) is 2.62. The molecule has 2 saturated heterocycles. The molecule has 2 heterocycles. The Morgan fingerprint density at radius 2 is 2.25 bits per heavy atom. The Morgan fingerprint density at radius 3 is 2.75 bits per heavy atom. The van der Waals surface area contributed by atoms with Crippen molar-refractivity contribution in [1.82, 2.24) is 10.2 Å². The van der Waals surface area contributed by atoms with Crippen LogP contribution in [0.4, 0.5) is 4.79 Å². The minimum absolute atomic E-state index is 0.149. The molecule has 68 valence electrons. The summed E-state index contributed by atoms with van der Waals surface area (Å²) >= 11 is 0. The highest BCUT2D eigenvalue weighted by atomic mass is 16.4. The van der Waals surface area contributed by atoms with Crippen molar-refractivity contribution in [2.45, 2.75) is 24.8 Å². The number of hydrogen-bond donors (Lipinski definition) is 2. The van der Waals surface area contributed by atoms with Gasteiger partial charge in [0.1, 0.15) is 0 Å². The van der Waals surface area contributed by atoms with Gasteiger partial charge >= 0.3 is 6.09 Å². The second-order valence-corrected chi connectivity index (χ2v) is 3.76. The maximum atomic E-state index is 10.7. The van der Waals surface area contributed by atoms with Crippen molar-refractivity contribution < 1.29 is 9.90 Å². The molecular formula is C8H14N2O2. The molecule has 4 heteroatoms. The third kappa shape index (κ3) is 1.16. The van der Waals surface area contributed by atoms with Gasteiger partial charge in [-0.2, -0.15) is 0 Å². The second-order valence-electron chi connectivity index (χ2n) is 3.76. The molecule has 4 nitrogen and oxygen atoms in total. The van der Waals surface area contributed by atoms with E-state index in [0.717, 1.165) is 25.8 Å². The summed E-state index contributed by atoms with van der Waals surface area (Å²) in [5, 5.41) is 12.1. The summed E-state index contributed by atoms with van der Waals surface area (Å²) in [6.45, 7) is 2.44. The zero-order chi connectivity index (χ0) is 8.60. The number of nitrogens with zero attached hydrogens (tertiary/aromatic N) is 1. The molecule has 0 bridgehead atoms. The number of carbonyl (C=O) groups is 1. The minimum atomic E-state index is -0.775. The third-order valence-corrected chi connectivity index (χ3v) is 2.95. The molecule has 2 N–H and O–H groups in total. The Kier molecular flexibility index (Phi) is 1.72. The molecule has 0 radical (unpaired) electrons. The van der Waals surface area contributed by atoms with Crippen LogP contribution in [0.2, 0.25) is 0 Å². The third-order valence-electron chi connectivity index (χ3n) is 2.95. The van der Waals surface area contributed by atoms with Crippen LogP contribution in [0, 0.1) is 0 Å². The smallest absolute Gasteiger partial charge is 0.407 e. The van der Waals surface area contributed by atoms with E-state index in [2.05, 4.69) is 5.32 Å². The van der Waals surface area contributed by atoms with Crippen LogP contribution in [0.1, 0.15) is 19.3 Å². The standard InChI is InChI=1S/C8H14N2O2/c11-7(12)10-5-1-2-8(6-10)3-4-9-8/h9H,1-6H2,(H,11,12). The first-order valence-electron chi connectivity index (χ1n) is 4.45. The summed E-state index contributed by atoms with van der Waals surface area (Å²) in [5.41, 5.74) is 0.149. The normalized spacial score (nSPS) is 34.8. The molecule has 1 spiro atoms. The van der Waals surface area contributed by atoms with E-state index in [9.17, 15) is 4.79 Å². The SMILES string of the molecule is O=C(O)N1CCCC2(CCN2)C1. The lowest BCUT2D eigenvalue weighted by Crippen LogP contribution is -2.65. The molecule has 2 rings (SSSR count). The number of carboxylic acid groups (broad SMARTS) is 1. The highest BCUT2D eigenvalue weighted by molar-refractivity contribution is 5.65. The van der Waals surface area contributed by atoms with Crippen molar-refractivity contribution in [1.29, 1.82) is 0 Å². The maximum absolute atomic E-state index is 10.7. The number of rotatable bonds is 0. The summed E-state index contributed by atoms with van der Waals surface area (Å²) in [7, 11) is 0. The average Bonchev–Trinajstić information content (AvgIpc) is 2.02. The van der Waals surface area contributed by atoms with Crippen LogP contribution in [-0.2, 0) is 0 Å². The van der Waals surface area contributed by atoms with E-state index in [1.807, 2.05) is 0 Å². The van der Waals surface area contributed by atoms with Crippen LogP contribution in [0.25, 0.3) is 0 Å². The molecule has 12 heavy (non-hydrogen) atoms. The number of piperidine rings is 1. The summed E-state index contributed by atoms with van der Waals surface area (Å²) in [5.74, 6) is 0. The quantitative estimate of drug-likeness (QED) is 0.556. The fourth-order valence-corrected chi connectivity index (χ4v) is 2.12. The Labute approximate surface area is 71.5 Å². The van der Waals surface area contributed by atoms with Crippen LogP contribution in [0.15, 0.2) is 0 Å². The van der Waals surface area contributed by atoms with Gasteiger partial charge in [-0.1, -0.05) is 0 Å². The molecule has 2 aliphatic heterocycles. The van der Waals surface area contributed by atoms with Gasteiger partial charge in [-0.3, -0.25) is 0 Å². The van der Waals surface area contributed by atoms with E-state index in [-0.39, 0.29) is 5.54 Å². The molecule has 0 aromatic carbocycles. The molecule has 1 atom stereocenters. The van der Waals surface area contributed by atoms with E-state index < -0.39 is 6.09 Å². The topological polar surface area (TPSA) is 52.6 Å². The predicted molar refractivity (Wildman–Crippen MR) is 44.2 cm³/mol. The van der Waals surface area contributed by atoms with Gasteiger partial charge in [-0.15, -0.1) is 0 Å². The van der Waals surface area contributed by atoms with Gasteiger partial charge in [-0.05, 0) is 25.8 Å². The summed E-state index contributed by atoms with van der Waals surface area (Å²) in [4.78, 5) is 12.2. The molecule has 1 amide bonds. The van der Waals surface area contributed by atoms with Crippen LogP contribution >= 0.6 is 0 Å². The first-order chi connectivity index (χ1) is 5.72. The van der Waals surface area contributed by atoms with Gasteiger partial charge in [-0.25, -0.2) is 4.79 Å². The van der Waals surface area contributed by atoms with E-state index in [4.69, 9.17) is 5.11 Å². The van der Waals surface area contributed by atoms with Crippen LogP contribution in [0.3, 0.4) is 0 Å². The van der Waals surface area contributed by atoms with E-state index in [0.29, 0.717) is 13.1 Å². The Balaban J connectivity index is 1.98. The van der Waals surface area contributed by atoms with Gasteiger partial charge in [0.25, 0.3) is 0 Å². The van der Waals surface area contributed by atoms with Crippen molar-refractivity contribution in [2.24, 2.45) is 0 Å². The molecular weight excluding hydrogens is 156 g/mol. The minimum Gasteiger partial charge on any atom is -0.465 e. The van der Waals surface area contributed by atoms with Gasteiger partial charge in [0.2, 0.25) is 0 Å².